The Kier molecular flexibility index (Phi) is 3.54. The molecule has 1 aliphatic rings. The predicted octanol–water partition coefficient (Wildman–Crippen LogP) is 2.26. The van der Waals surface area contributed by atoms with Crippen molar-refractivity contribution in [1.29, 1.82) is 0 Å². The fraction of sp³-hybridized carbons (Fsp3) is 0.500. The normalized spacial score (nSPS) is 15.7. The Morgan fingerprint density at radius 2 is 2.30 bits per heavy atom. The summed E-state index contributed by atoms with van der Waals surface area (Å²) in [4.78, 5) is 16.1. The van der Waals surface area contributed by atoms with Crippen molar-refractivity contribution < 1.29 is 9.53 Å². The van der Waals surface area contributed by atoms with Gasteiger partial charge in [0.1, 0.15) is 5.82 Å². The molecule has 0 saturated heterocycles. The van der Waals surface area contributed by atoms with Gasteiger partial charge in [-0.3, -0.25) is 0 Å². The number of carbonyl (C=O) groups is 1. The molecule has 0 spiro atoms. The van der Waals surface area contributed by atoms with Gasteiger partial charge in [0.2, 0.25) is 0 Å². The smallest absolute Gasteiger partial charge is 0.357 e. The van der Waals surface area contributed by atoms with Gasteiger partial charge >= 0.3 is 5.97 Å². The van der Waals surface area contributed by atoms with E-state index in [-0.39, 0.29) is 0 Å². The summed E-state index contributed by atoms with van der Waals surface area (Å²) in [6.07, 6.45) is 6.47. The third-order valence-electron chi connectivity index (χ3n) is 3.55. The molecule has 1 fully saturated rings. The minimum absolute atomic E-state index is 0.320. The highest BCUT2D eigenvalue weighted by molar-refractivity contribution is 5.88. The van der Waals surface area contributed by atoms with E-state index in [1.165, 1.54) is 12.8 Å². The molecule has 0 aliphatic heterocycles. The highest BCUT2D eigenvalue weighted by atomic mass is 16.5. The zero-order chi connectivity index (χ0) is 13.9. The second kappa shape index (κ2) is 5.48. The topological polar surface area (TPSA) is 68.5 Å². The number of nitrogens with zero attached hydrogens (tertiary/aromatic N) is 3. The van der Waals surface area contributed by atoms with Gasteiger partial charge in [-0.25, -0.2) is 9.78 Å². The number of esters is 1. The molecular formula is C14H18N4O2. The monoisotopic (exact) mass is 274 g/mol. The first-order chi connectivity index (χ1) is 9.78. The Bertz CT molecular complexity index is 617. The maximum Gasteiger partial charge on any atom is 0.357 e. The number of nitrogens with one attached hydrogen (secondary N) is 1. The van der Waals surface area contributed by atoms with Crippen molar-refractivity contribution in [2.45, 2.75) is 38.6 Å². The zero-order valence-corrected chi connectivity index (χ0v) is 11.5. The summed E-state index contributed by atoms with van der Waals surface area (Å²) in [6.45, 7) is 2.13. The van der Waals surface area contributed by atoms with Crippen LogP contribution in [0.5, 0.6) is 0 Å². The van der Waals surface area contributed by atoms with Gasteiger partial charge in [-0.2, -0.15) is 9.61 Å². The van der Waals surface area contributed by atoms with Gasteiger partial charge in [0.05, 0.1) is 12.8 Å². The number of hydrogen-bond donors (Lipinski definition) is 1. The van der Waals surface area contributed by atoms with Gasteiger partial charge in [-0.1, -0.05) is 12.8 Å². The van der Waals surface area contributed by atoms with Crippen LogP contribution < -0.4 is 5.32 Å². The molecule has 6 heteroatoms. The van der Waals surface area contributed by atoms with Crippen molar-refractivity contribution in [3.05, 3.63) is 24.0 Å². The van der Waals surface area contributed by atoms with Crippen LogP contribution in [0.1, 0.15) is 43.1 Å². The highest BCUT2D eigenvalue weighted by Crippen LogP contribution is 2.23. The molecule has 0 radical (unpaired) electrons. The number of fused-ring (bicyclic) bond motifs is 1. The van der Waals surface area contributed by atoms with E-state index in [2.05, 4.69) is 15.4 Å². The van der Waals surface area contributed by atoms with Crippen LogP contribution in [-0.4, -0.2) is 33.2 Å². The molecule has 1 aliphatic carbocycles. The summed E-state index contributed by atoms with van der Waals surface area (Å²) in [5.74, 6) is 0.403. The first-order valence-electron chi connectivity index (χ1n) is 7.06. The van der Waals surface area contributed by atoms with Crippen molar-refractivity contribution in [2.75, 3.05) is 11.9 Å². The summed E-state index contributed by atoms with van der Waals surface area (Å²) in [7, 11) is 0. The van der Waals surface area contributed by atoms with E-state index in [0.717, 1.165) is 18.7 Å². The van der Waals surface area contributed by atoms with Crippen LogP contribution >= 0.6 is 0 Å². The highest BCUT2D eigenvalue weighted by Gasteiger charge is 2.18. The Balaban J connectivity index is 1.95. The molecule has 1 N–H and O–H groups in total. The van der Waals surface area contributed by atoms with Crippen LogP contribution in [0.25, 0.3) is 5.65 Å². The van der Waals surface area contributed by atoms with Crippen molar-refractivity contribution in [1.82, 2.24) is 14.6 Å². The fourth-order valence-electron chi connectivity index (χ4n) is 2.60. The number of carbonyl (C=O) groups excluding carboxylic acids is 1. The number of aromatic nitrogens is 3. The number of rotatable bonds is 4. The van der Waals surface area contributed by atoms with E-state index in [4.69, 9.17) is 4.74 Å². The Hall–Kier alpha value is -2.11. The number of anilines is 1. The quantitative estimate of drug-likeness (QED) is 0.866. The van der Waals surface area contributed by atoms with Crippen LogP contribution in [0.3, 0.4) is 0 Å². The van der Waals surface area contributed by atoms with E-state index in [1.807, 2.05) is 0 Å². The lowest BCUT2D eigenvalue weighted by atomic mass is 10.2. The molecule has 2 aromatic heterocycles. The van der Waals surface area contributed by atoms with Gasteiger partial charge in [0.25, 0.3) is 0 Å². The molecule has 6 nitrogen and oxygen atoms in total. The first kappa shape index (κ1) is 12.9. The molecule has 0 bridgehead atoms. The van der Waals surface area contributed by atoms with E-state index in [1.54, 1.807) is 29.8 Å². The Morgan fingerprint density at radius 3 is 3.05 bits per heavy atom. The average Bonchev–Trinajstić information content (AvgIpc) is 3.09. The molecule has 2 aromatic rings. The van der Waals surface area contributed by atoms with Crippen LogP contribution in [0.4, 0.5) is 5.82 Å². The summed E-state index contributed by atoms with van der Waals surface area (Å²) < 4.78 is 6.74. The summed E-state index contributed by atoms with van der Waals surface area (Å²) in [6, 6.07) is 3.94. The molecule has 0 atom stereocenters. The van der Waals surface area contributed by atoms with Crippen LogP contribution in [0, 0.1) is 0 Å². The van der Waals surface area contributed by atoms with Crippen LogP contribution in [0.15, 0.2) is 18.3 Å². The summed E-state index contributed by atoms with van der Waals surface area (Å²) in [5, 5.41) is 7.71. The lowest BCUT2D eigenvalue weighted by Crippen LogP contribution is -2.19. The molecule has 106 valence electrons. The Morgan fingerprint density at radius 1 is 1.50 bits per heavy atom. The van der Waals surface area contributed by atoms with E-state index in [0.29, 0.717) is 24.0 Å². The fourth-order valence-corrected chi connectivity index (χ4v) is 2.60. The molecule has 3 rings (SSSR count). The lowest BCUT2D eigenvalue weighted by molar-refractivity contribution is 0.0519. The van der Waals surface area contributed by atoms with Crippen molar-refractivity contribution in [3.63, 3.8) is 0 Å². The predicted molar refractivity (Wildman–Crippen MR) is 74.8 cm³/mol. The van der Waals surface area contributed by atoms with Crippen LogP contribution in [-0.2, 0) is 4.74 Å². The third kappa shape index (κ3) is 2.45. The molecule has 20 heavy (non-hydrogen) atoms. The second-order valence-electron chi connectivity index (χ2n) is 4.97. The van der Waals surface area contributed by atoms with E-state index in [9.17, 15) is 4.79 Å². The van der Waals surface area contributed by atoms with Crippen molar-refractivity contribution in [2.24, 2.45) is 0 Å². The van der Waals surface area contributed by atoms with Gasteiger partial charge in [0, 0.05) is 18.2 Å². The number of ether oxygens (including phenoxy) is 1. The maximum absolute atomic E-state index is 11.9. The largest absolute Gasteiger partial charge is 0.461 e. The number of hydrogen-bond acceptors (Lipinski definition) is 5. The molecule has 2 heterocycles. The van der Waals surface area contributed by atoms with Crippen molar-refractivity contribution >= 4 is 17.4 Å². The minimum Gasteiger partial charge on any atom is -0.461 e. The maximum atomic E-state index is 11.9. The summed E-state index contributed by atoms with van der Waals surface area (Å²) in [5.41, 5.74) is 0.969. The minimum atomic E-state index is -0.398. The molecular weight excluding hydrogens is 256 g/mol. The lowest BCUT2D eigenvalue weighted by Gasteiger charge is -2.15. The first-order valence-corrected chi connectivity index (χ1v) is 7.06. The average molecular weight is 274 g/mol. The Labute approximate surface area is 117 Å². The SMILES string of the molecule is CCOC(=O)c1cc(NC2CCCC2)n2nccc2n1. The third-order valence-corrected chi connectivity index (χ3v) is 3.55. The second-order valence-corrected chi connectivity index (χ2v) is 4.97. The zero-order valence-electron chi connectivity index (χ0n) is 11.5. The van der Waals surface area contributed by atoms with Crippen LogP contribution in [0.2, 0.25) is 0 Å². The molecule has 0 unspecified atom stereocenters. The molecule has 0 amide bonds. The van der Waals surface area contributed by atoms with E-state index >= 15 is 0 Å². The van der Waals surface area contributed by atoms with Gasteiger partial charge in [-0.05, 0) is 19.8 Å². The van der Waals surface area contributed by atoms with Gasteiger partial charge < -0.3 is 10.1 Å². The van der Waals surface area contributed by atoms with E-state index < -0.39 is 5.97 Å². The molecule has 0 aromatic carbocycles. The van der Waals surface area contributed by atoms with Gasteiger partial charge in [0.15, 0.2) is 11.3 Å². The standard InChI is InChI=1S/C14H18N4O2/c1-2-20-14(19)11-9-13(16-10-5-3-4-6-10)18-12(17-11)7-8-15-18/h7-10,16H,2-6H2,1H3. The van der Waals surface area contributed by atoms with Gasteiger partial charge in [-0.15, -0.1) is 0 Å². The summed E-state index contributed by atoms with van der Waals surface area (Å²) >= 11 is 0. The molecule has 1 saturated carbocycles. The van der Waals surface area contributed by atoms with Crippen molar-refractivity contribution in [3.8, 4) is 0 Å².